The Kier molecular flexibility index (Phi) is 6.19. The van der Waals surface area contributed by atoms with E-state index in [1.807, 2.05) is 6.07 Å². The van der Waals surface area contributed by atoms with E-state index in [-0.39, 0.29) is 34.8 Å². The first kappa shape index (κ1) is 24.3. The van der Waals surface area contributed by atoms with E-state index in [1.54, 1.807) is 17.9 Å². The molecule has 5 N–H and O–H groups in total. The number of nitrogens with one attached hydrogen (secondary N) is 1. The molecule has 3 saturated carbocycles. The minimum absolute atomic E-state index is 0.118. The molecule has 190 valence electrons. The predicted molar refractivity (Wildman–Crippen MR) is 133 cm³/mol. The van der Waals surface area contributed by atoms with Gasteiger partial charge < -0.3 is 21.2 Å². The molecule has 0 saturated heterocycles. The second kappa shape index (κ2) is 8.91. The van der Waals surface area contributed by atoms with Crippen molar-refractivity contribution in [2.75, 3.05) is 0 Å². The lowest BCUT2D eigenvalue weighted by Gasteiger charge is -2.60. The zero-order chi connectivity index (χ0) is 25.0. The van der Waals surface area contributed by atoms with Gasteiger partial charge in [-0.3, -0.25) is 9.59 Å². The van der Waals surface area contributed by atoms with Crippen LogP contribution in [0.5, 0.6) is 0 Å². The lowest BCUT2D eigenvalue weighted by molar-refractivity contribution is -0.127. The van der Waals surface area contributed by atoms with E-state index in [0.29, 0.717) is 23.7 Å². The summed E-state index contributed by atoms with van der Waals surface area (Å²) >= 11 is 0. The molecule has 7 nitrogen and oxygen atoms in total. The quantitative estimate of drug-likeness (QED) is 0.556. The number of carbonyl (C=O) groups excluding carboxylic acids is 2. The first-order valence-corrected chi connectivity index (χ1v) is 13.3. The first-order chi connectivity index (χ1) is 16.6. The number of hydrogen-bond donors (Lipinski definition) is 3. The van der Waals surface area contributed by atoms with E-state index in [2.05, 4.69) is 25.2 Å². The molecule has 35 heavy (non-hydrogen) atoms. The minimum atomic E-state index is -0.868. The average molecular weight is 482 g/mol. The Bertz CT molecular complexity index is 1080. The van der Waals surface area contributed by atoms with Crippen LogP contribution in [0.2, 0.25) is 0 Å². The van der Waals surface area contributed by atoms with Gasteiger partial charge in [-0.2, -0.15) is 0 Å². The number of primary amides is 1. The second-order valence-electron chi connectivity index (χ2n) is 12.0. The van der Waals surface area contributed by atoms with Crippen LogP contribution in [0.1, 0.15) is 83.1 Å². The summed E-state index contributed by atoms with van der Waals surface area (Å²) in [7, 11) is 0. The fourth-order valence-corrected chi connectivity index (χ4v) is 8.41. The van der Waals surface area contributed by atoms with Crippen molar-refractivity contribution in [1.29, 1.82) is 0 Å². The summed E-state index contributed by atoms with van der Waals surface area (Å²) in [6.45, 7) is 4.92. The summed E-state index contributed by atoms with van der Waals surface area (Å²) in [6, 6.07) is 2.75. The summed E-state index contributed by atoms with van der Waals surface area (Å²) in [5, 5.41) is 3.10. The van der Waals surface area contributed by atoms with Gasteiger partial charge in [0.15, 0.2) is 0 Å². The van der Waals surface area contributed by atoms with Crippen molar-refractivity contribution in [3.63, 3.8) is 0 Å². The Morgan fingerprint density at radius 2 is 1.97 bits per heavy atom. The van der Waals surface area contributed by atoms with Gasteiger partial charge in [-0.05, 0) is 97.5 Å². The summed E-state index contributed by atoms with van der Waals surface area (Å²) in [5.74, 6) is 1.43. The summed E-state index contributed by atoms with van der Waals surface area (Å²) in [5.41, 5.74) is 14.0. The highest BCUT2D eigenvalue weighted by atomic mass is 16.4. The Balaban J connectivity index is 1.28. The first-order valence-electron chi connectivity index (χ1n) is 13.3. The largest absolute Gasteiger partial charge is 0.431 e. The van der Waals surface area contributed by atoms with Crippen LogP contribution in [-0.2, 0) is 9.59 Å². The van der Waals surface area contributed by atoms with Crippen LogP contribution in [0, 0.1) is 28.6 Å². The molecular formula is C28H39N3O4. The SMILES string of the molecule is C[C@]12CC[C@H](NC(=O)[C@@H](N)CC(N)=O)C[C@H]1CC[C@H]1C3=CC[C@H](c4ccc(=O)oc4)[C@@]3(C)CC[C@@H]12. The van der Waals surface area contributed by atoms with E-state index in [1.165, 1.54) is 19.3 Å². The van der Waals surface area contributed by atoms with Crippen molar-refractivity contribution in [1.82, 2.24) is 5.32 Å². The van der Waals surface area contributed by atoms with E-state index in [4.69, 9.17) is 15.9 Å². The van der Waals surface area contributed by atoms with Gasteiger partial charge in [-0.15, -0.1) is 0 Å². The number of rotatable bonds is 5. The molecule has 4 aliphatic carbocycles. The summed E-state index contributed by atoms with van der Waals surface area (Å²) in [6.07, 6.45) is 12.9. The van der Waals surface area contributed by atoms with Gasteiger partial charge in [-0.25, -0.2) is 4.79 Å². The fraction of sp³-hybridized carbons (Fsp3) is 0.679. The van der Waals surface area contributed by atoms with E-state index >= 15 is 0 Å². The van der Waals surface area contributed by atoms with Crippen molar-refractivity contribution in [3.8, 4) is 0 Å². The van der Waals surface area contributed by atoms with Gasteiger partial charge in [0, 0.05) is 12.1 Å². The van der Waals surface area contributed by atoms with Crippen LogP contribution in [-0.4, -0.2) is 23.9 Å². The smallest absolute Gasteiger partial charge is 0.335 e. The lowest BCUT2D eigenvalue weighted by atomic mass is 9.45. The number of nitrogens with two attached hydrogens (primary N) is 2. The number of amides is 2. The van der Waals surface area contributed by atoms with E-state index in [9.17, 15) is 14.4 Å². The molecule has 1 heterocycles. The van der Waals surface area contributed by atoms with Crippen LogP contribution in [0.25, 0.3) is 0 Å². The second-order valence-corrected chi connectivity index (χ2v) is 12.0. The summed E-state index contributed by atoms with van der Waals surface area (Å²) < 4.78 is 5.22. The van der Waals surface area contributed by atoms with Gasteiger partial charge in [0.2, 0.25) is 11.8 Å². The monoisotopic (exact) mass is 481 g/mol. The Hall–Kier alpha value is -2.41. The molecule has 1 aromatic heterocycles. The van der Waals surface area contributed by atoms with Crippen molar-refractivity contribution >= 4 is 11.8 Å². The molecule has 0 bridgehead atoms. The maximum Gasteiger partial charge on any atom is 0.335 e. The highest BCUT2D eigenvalue weighted by Crippen LogP contribution is 2.67. The molecule has 3 fully saturated rings. The Labute approximate surface area is 207 Å². The minimum Gasteiger partial charge on any atom is -0.431 e. The van der Waals surface area contributed by atoms with Gasteiger partial charge in [0.25, 0.3) is 0 Å². The molecule has 2 amide bonds. The van der Waals surface area contributed by atoms with Gasteiger partial charge in [0.05, 0.1) is 18.7 Å². The van der Waals surface area contributed by atoms with Crippen molar-refractivity contribution in [2.24, 2.45) is 40.1 Å². The molecule has 1 aromatic rings. The molecule has 0 unspecified atom stereocenters. The molecule has 4 aliphatic rings. The maximum absolute atomic E-state index is 12.5. The van der Waals surface area contributed by atoms with Gasteiger partial charge in [0.1, 0.15) is 0 Å². The van der Waals surface area contributed by atoms with Gasteiger partial charge >= 0.3 is 5.63 Å². The summed E-state index contributed by atoms with van der Waals surface area (Å²) in [4.78, 5) is 35.1. The van der Waals surface area contributed by atoms with Crippen molar-refractivity contribution < 1.29 is 14.0 Å². The van der Waals surface area contributed by atoms with Crippen LogP contribution in [0.15, 0.2) is 39.3 Å². The standard InChI is InChI=1S/C28H39N3O4/c1-27-11-9-18(31-26(34)23(29)14-24(30)32)13-17(27)4-5-19-21-7-6-20(16-3-8-25(33)35-15-16)28(21,2)12-10-22(19)27/h3,7-8,15,17-20,22-23H,4-6,9-14,29H2,1-2H3,(H2,30,32)(H,31,34)/t17-,18+,19+,20-,22+,23+,27+,28-/m1/s1. The van der Waals surface area contributed by atoms with Gasteiger partial charge in [-0.1, -0.05) is 25.5 Å². The third-order valence-corrected chi connectivity index (χ3v) is 10.3. The van der Waals surface area contributed by atoms with E-state index < -0.39 is 11.9 Å². The normalized spacial score (nSPS) is 38.9. The molecule has 0 aromatic carbocycles. The molecule has 8 atom stereocenters. The molecule has 7 heteroatoms. The predicted octanol–water partition coefficient (Wildman–Crippen LogP) is 3.37. The van der Waals surface area contributed by atoms with Crippen molar-refractivity contribution in [2.45, 2.75) is 89.6 Å². The highest BCUT2D eigenvalue weighted by Gasteiger charge is 2.57. The zero-order valence-corrected chi connectivity index (χ0v) is 20.9. The molecule has 5 rings (SSSR count). The topological polar surface area (TPSA) is 128 Å². The van der Waals surface area contributed by atoms with E-state index in [0.717, 1.165) is 37.7 Å². The third-order valence-electron chi connectivity index (χ3n) is 10.3. The number of carbonyl (C=O) groups is 2. The molecule has 0 radical (unpaired) electrons. The molecular weight excluding hydrogens is 442 g/mol. The van der Waals surface area contributed by atoms with Crippen LogP contribution in [0.4, 0.5) is 0 Å². The molecule has 0 spiro atoms. The zero-order valence-electron chi connectivity index (χ0n) is 20.9. The van der Waals surface area contributed by atoms with Crippen LogP contribution >= 0.6 is 0 Å². The highest BCUT2D eigenvalue weighted by molar-refractivity contribution is 5.87. The number of fused-ring (bicyclic) bond motifs is 5. The lowest BCUT2D eigenvalue weighted by Crippen LogP contribution is -2.55. The van der Waals surface area contributed by atoms with Crippen molar-refractivity contribution in [3.05, 3.63) is 46.0 Å². The fourth-order valence-electron chi connectivity index (χ4n) is 8.41. The third kappa shape index (κ3) is 4.15. The maximum atomic E-state index is 12.5. The Morgan fingerprint density at radius 1 is 1.17 bits per heavy atom. The Morgan fingerprint density at radius 3 is 2.69 bits per heavy atom. The average Bonchev–Trinajstić information content (AvgIpc) is 3.16. The van der Waals surface area contributed by atoms with Crippen LogP contribution in [0.3, 0.4) is 0 Å². The van der Waals surface area contributed by atoms with Crippen LogP contribution < -0.4 is 22.4 Å². The molecule has 0 aliphatic heterocycles. The number of hydrogen-bond acceptors (Lipinski definition) is 5. The number of allylic oxidation sites excluding steroid dienone is 2.